The number of aryl methyl sites for hydroxylation is 1. The highest BCUT2D eigenvalue weighted by Crippen LogP contribution is 2.19. The molecule has 6 heteroatoms. The van der Waals surface area contributed by atoms with Gasteiger partial charge in [0, 0.05) is 17.2 Å². The van der Waals surface area contributed by atoms with Crippen molar-refractivity contribution in [3.8, 4) is 0 Å². The number of likely N-dealkylation sites (N-methyl/N-ethyl adjacent to an activating group) is 1. The largest absolute Gasteiger partial charge is 0.336 e. The molecule has 0 fully saturated rings. The summed E-state index contributed by atoms with van der Waals surface area (Å²) >= 11 is 3.37. The SMILES string of the molecule is Cc1cc(Br)ccc1NC(=O)CN(C)C(=O)Cc1cccc(F)c1. The number of nitrogens with one attached hydrogen (secondary N) is 1. The highest BCUT2D eigenvalue weighted by Gasteiger charge is 2.14. The van der Waals surface area contributed by atoms with E-state index < -0.39 is 0 Å². The number of hydrogen-bond donors (Lipinski definition) is 1. The maximum Gasteiger partial charge on any atom is 0.243 e. The zero-order valence-electron chi connectivity index (χ0n) is 13.5. The number of amides is 2. The van der Waals surface area contributed by atoms with Gasteiger partial charge in [0.1, 0.15) is 5.82 Å². The number of rotatable bonds is 5. The predicted molar refractivity (Wildman–Crippen MR) is 95.2 cm³/mol. The summed E-state index contributed by atoms with van der Waals surface area (Å²) in [6.07, 6.45) is 0.0544. The van der Waals surface area contributed by atoms with Crippen LogP contribution in [0.25, 0.3) is 0 Å². The van der Waals surface area contributed by atoms with Gasteiger partial charge in [-0.05, 0) is 48.4 Å². The zero-order valence-corrected chi connectivity index (χ0v) is 15.1. The minimum Gasteiger partial charge on any atom is -0.336 e. The number of halogens is 2. The summed E-state index contributed by atoms with van der Waals surface area (Å²) in [4.78, 5) is 25.6. The van der Waals surface area contributed by atoms with Crippen molar-refractivity contribution >= 4 is 33.4 Å². The van der Waals surface area contributed by atoms with E-state index in [1.165, 1.54) is 17.0 Å². The quantitative estimate of drug-likeness (QED) is 0.845. The second-order valence-corrected chi connectivity index (χ2v) is 6.48. The van der Waals surface area contributed by atoms with Gasteiger partial charge < -0.3 is 10.2 Å². The first kappa shape index (κ1) is 18.1. The van der Waals surface area contributed by atoms with Gasteiger partial charge >= 0.3 is 0 Å². The monoisotopic (exact) mass is 392 g/mol. The van der Waals surface area contributed by atoms with E-state index in [4.69, 9.17) is 0 Å². The second kappa shape index (κ2) is 8.06. The van der Waals surface area contributed by atoms with E-state index in [0.29, 0.717) is 11.3 Å². The molecule has 0 aliphatic carbocycles. The van der Waals surface area contributed by atoms with Crippen LogP contribution in [0.1, 0.15) is 11.1 Å². The van der Waals surface area contributed by atoms with Crippen LogP contribution in [-0.2, 0) is 16.0 Å². The summed E-state index contributed by atoms with van der Waals surface area (Å²) < 4.78 is 14.1. The van der Waals surface area contributed by atoms with Crippen LogP contribution in [0, 0.1) is 12.7 Å². The summed E-state index contributed by atoms with van der Waals surface area (Å²) in [7, 11) is 1.55. The maximum absolute atomic E-state index is 13.1. The van der Waals surface area contributed by atoms with Crippen LogP contribution < -0.4 is 5.32 Å². The normalized spacial score (nSPS) is 10.3. The van der Waals surface area contributed by atoms with Crippen molar-refractivity contribution in [3.63, 3.8) is 0 Å². The van der Waals surface area contributed by atoms with Crippen molar-refractivity contribution in [2.45, 2.75) is 13.3 Å². The summed E-state index contributed by atoms with van der Waals surface area (Å²) in [5, 5.41) is 2.78. The van der Waals surface area contributed by atoms with Crippen LogP contribution in [0.5, 0.6) is 0 Å². The molecule has 0 spiro atoms. The second-order valence-electron chi connectivity index (χ2n) is 5.56. The van der Waals surface area contributed by atoms with Gasteiger partial charge in [0.05, 0.1) is 13.0 Å². The van der Waals surface area contributed by atoms with Crippen molar-refractivity contribution < 1.29 is 14.0 Å². The smallest absolute Gasteiger partial charge is 0.243 e. The van der Waals surface area contributed by atoms with Gasteiger partial charge in [-0.3, -0.25) is 9.59 Å². The van der Waals surface area contributed by atoms with E-state index >= 15 is 0 Å². The molecule has 0 saturated carbocycles. The van der Waals surface area contributed by atoms with E-state index in [1.54, 1.807) is 25.2 Å². The fourth-order valence-corrected chi connectivity index (χ4v) is 2.69. The molecule has 4 nitrogen and oxygen atoms in total. The predicted octanol–water partition coefficient (Wildman–Crippen LogP) is 3.54. The Hall–Kier alpha value is -2.21. The van der Waals surface area contributed by atoms with Gasteiger partial charge in [0.2, 0.25) is 11.8 Å². The molecule has 2 amide bonds. The van der Waals surface area contributed by atoms with Crippen molar-refractivity contribution in [3.05, 3.63) is 63.9 Å². The molecule has 0 aliphatic heterocycles. The lowest BCUT2D eigenvalue weighted by Crippen LogP contribution is -2.35. The molecule has 0 bridgehead atoms. The maximum atomic E-state index is 13.1. The van der Waals surface area contributed by atoms with Gasteiger partial charge in [-0.15, -0.1) is 0 Å². The first-order chi connectivity index (χ1) is 11.3. The average Bonchev–Trinajstić information content (AvgIpc) is 2.50. The number of hydrogen-bond acceptors (Lipinski definition) is 2. The number of carbonyl (C=O) groups excluding carboxylic acids is 2. The summed E-state index contributed by atoms with van der Waals surface area (Å²) in [5.74, 6) is -0.912. The molecule has 2 rings (SSSR count). The number of benzene rings is 2. The van der Waals surface area contributed by atoms with E-state index in [0.717, 1.165) is 10.0 Å². The molecule has 0 unspecified atom stereocenters. The third-order valence-corrected chi connectivity index (χ3v) is 4.01. The minimum absolute atomic E-state index is 0.0544. The van der Waals surface area contributed by atoms with Gasteiger partial charge in [0.25, 0.3) is 0 Å². The fourth-order valence-electron chi connectivity index (χ4n) is 2.22. The fraction of sp³-hybridized carbons (Fsp3) is 0.222. The minimum atomic E-state index is -0.383. The highest BCUT2D eigenvalue weighted by atomic mass is 79.9. The molecule has 0 aliphatic rings. The van der Waals surface area contributed by atoms with Crippen LogP contribution in [0.2, 0.25) is 0 Å². The number of carbonyl (C=O) groups is 2. The van der Waals surface area contributed by atoms with Crippen LogP contribution in [0.15, 0.2) is 46.9 Å². The molecule has 0 atom stereocenters. The molecule has 24 heavy (non-hydrogen) atoms. The first-order valence-electron chi connectivity index (χ1n) is 7.39. The van der Waals surface area contributed by atoms with Gasteiger partial charge in [0.15, 0.2) is 0 Å². The Kier molecular flexibility index (Phi) is 6.09. The van der Waals surface area contributed by atoms with Crippen LogP contribution in [0.4, 0.5) is 10.1 Å². The molecule has 0 heterocycles. The van der Waals surface area contributed by atoms with Gasteiger partial charge in [-0.25, -0.2) is 4.39 Å². The van der Waals surface area contributed by atoms with Gasteiger partial charge in [-0.2, -0.15) is 0 Å². The van der Waals surface area contributed by atoms with Crippen molar-refractivity contribution in [1.29, 1.82) is 0 Å². The van der Waals surface area contributed by atoms with Gasteiger partial charge in [-0.1, -0.05) is 28.1 Å². The molecule has 2 aromatic rings. The van der Waals surface area contributed by atoms with Crippen LogP contribution >= 0.6 is 15.9 Å². The average molecular weight is 393 g/mol. The Balaban J connectivity index is 1.92. The molecule has 0 saturated heterocycles. The Morgan fingerprint density at radius 3 is 2.62 bits per heavy atom. The van der Waals surface area contributed by atoms with E-state index in [-0.39, 0.29) is 30.6 Å². The zero-order chi connectivity index (χ0) is 17.7. The molecule has 0 radical (unpaired) electrons. The van der Waals surface area contributed by atoms with Crippen molar-refractivity contribution in [1.82, 2.24) is 4.90 Å². The summed E-state index contributed by atoms with van der Waals surface area (Å²) in [6.45, 7) is 1.82. The van der Waals surface area contributed by atoms with Crippen LogP contribution in [0.3, 0.4) is 0 Å². The Morgan fingerprint density at radius 1 is 1.21 bits per heavy atom. The lowest BCUT2D eigenvalue weighted by atomic mass is 10.1. The van der Waals surface area contributed by atoms with Crippen molar-refractivity contribution in [2.24, 2.45) is 0 Å². The van der Waals surface area contributed by atoms with Crippen LogP contribution in [-0.4, -0.2) is 30.3 Å². The molecule has 1 N–H and O–H groups in total. The Bertz CT molecular complexity index is 764. The Labute approximate surface area is 148 Å². The first-order valence-corrected chi connectivity index (χ1v) is 8.19. The van der Waals surface area contributed by atoms with E-state index in [1.807, 2.05) is 19.1 Å². The molecule has 2 aromatic carbocycles. The van der Waals surface area contributed by atoms with Crippen molar-refractivity contribution in [2.75, 3.05) is 18.9 Å². The van der Waals surface area contributed by atoms with E-state index in [2.05, 4.69) is 21.2 Å². The molecular formula is C18H18BrFN2O2. The topological polar surface area (TPSA) is 49.4 Å². The number of nitrogens with zero attached hydrogens (tertiary/aromatic N) is 1. The molecule has 126 valence electrons. The molecular weight excluding hydrogens is 375 g/mol. The lowest BCUT2D eigenvalue weighted by Gasteiger charge is -2.17. The van der Waals surface area contributed by atoms with E-state index in [9.17, 15) is 14.0 Å². The summed E-state index contributed by atoms with van der Waals surface area (Å²) in [6, 6.07) is 11.4. The Morgan fingerprint density at radius 2 is 1.96 bits per heavy atom. The highest BCUT2D eigenvalue weighted by molar-refractivity contribution is 9.10. The third kappa shape index (κ3) is 5.16. The molecule has 0 aromatic heterocycles. The number of anilines is 1. The summed E-state index contributed by atoms with van der Waals surface area (Å²) in [5.41, 5.74) is 2.21. The lowest BCUT2D eigenvalue weighted by molar-refractivity contribution is -0.132. The standard InChI is InChI=1S/C18H18BrFN2O2/c1-12-8-14(19)6-7-16(12)21-17(23)11-22(2)18(24)10-13-4-3-5-15(20)9-13/h3-9H,10-11H2,1-2H3,(H,21,23). The third-order valence-electron chi connectivity index (χ3n) is 3.51.